The van der Waals surface area contributed by atoms with E-state index in [-0.39, 0.29) is 11.7 Å². The third-order valence-corrected chi connectivity index (χ3v) is 4.43. The maximum absolute atomic E-state index is 11.8. The molecule has 0 bridgehead atoms. The number of thioether (sulfide) groups is 1. The number of amides is 1. The zero-order valence-corrected chi connectivity index (χ0v) is 14.3. The summed E-state index contributed by atoms with van der Waals surface area (Å²) in [6.07, 6.45) is 1.43. The average molecular weight is 352 g/mol. The molecule has 0 aromatic carbocycles. The fourth-order valence-corrected chi connectivity index (χ4v) is 3.00. The molecule has 1 heterocycles. The quantitative estimate of drug-likeness (QED) is 0.819. The predicted molar refractivity (Wildman–Crippen MR) is 90.9 cm³/mol. The van der Waals surface area contributed by atoms with Gasteiger partial charge in [0, 0.05) is 19.3 Å². The van der Waals surface area contributed by atoms with Crippen LogP contribution < -0.4 is 5.32 Å². The van der Waals surface area contributed by atoms with Gasteiger partial charge in [-0.05, 0) is 19.9 Å². The van der Waals surface area contributed by atoms with Gasteiger partial charge in [-0.25, -0.2) is 4.98 Å². The number of aromatic nitrogens is 1. The minimum absolute atomic E-state index is 0.207. The van der Waals surface area contributed by atoms with Gasteiger partial charge in [-0.3, -0.25) is 4.79 Å². The van der Waals surface area contributed by atoms with E-state index in [9.17, 15) is 4.79 Å². The van der Waals surface area contributed by atoms with Gasteiger partial charge in [-0.15, -0.1) is 0 Å². The Balaban J connectivity index is 2.50. The Labute approximate surface area is 138 Å². The topological polar surface area (TPSA) is 45.2 Å². The molecule has 0 atom stereocenters. The molecule has 1 aromatic heterocycles. The van der Waals surface area contributed by atoms with Crippen molar-refractivity contribution in [3.63, 3.8) is 0 Å². The van der Waals surface area contributed by atoms with Crippen LogP contribution in [0.25, 0.3) is 0 Å². The molecule has 4 nitrogen and oxygen atoms in total. The Morgan fingerprint density at radius 2 is 2.10 bits per heavy atom. The van der Waals surface area contributed by atoms with E-state index in [4.69, 9.17) is 35.4 Å². The molecule has 1 aromatic rings. The second-order valence-corrected chi connectivity index (χ2v) is 6.21. The molecule has 8 heteroatoms. The maximum Gasteiger partial charge on any atom is 0.236 e. The van der Waals surface area contributed by atoms with Crippen LogP contribution in [0.15, 0.2) is 12.3 Å². The van der Waals surface area contributed by atoms with E-state index in [2.05, 4.69) is 10.3 Å². The summed E-state index contributed by atoms with van der Waals surface area (Å²) in [5.74, 6) is 0.312. The molecule has 20 heavy (non-hydrogen) atoms. The zero-order valence-electron chi connectivity index (χ0n) is 11.2. The normalized spacial score (nSPS) is 10.2. The van der Waals surface area contributed by atoms with Crippen LogP contribution in [-0.4, -0.2) is 39.0 Å². The zero-order chi connectivity index (χ0) is 15.1. The molecule has 110 valence electrons. The van der Waals surface area contributed by atoms with Crippen LogP contribution >= 0.6 is 47.2 Å². The summed E-state index contributed by atoms with van der Waals surface area (Å²) in [6, 6.07) is 1.53. The van der Waals surface area contributed by atoms with Crippen molar-refractivity contribution in [2.24, 2.45) is 0 Å². The number of anilines is 1. The van der Waals surface area contributed by atoms with E-state index in [1.165, 1.54) is 24.0 Å². The summed E-state index contributed by atoms with van der Waals surface area (Å²) in [5, 5.41) is 3.36. The molecule has 1 rings (SSSR count). The Hall–Kier alpha value is -0.560. The van der Waals surface area contributed by atoms with Gasteiger partial charge in [0.05, 0.1) is 15.8 Å². The fourth-order valence-electron chi connectivity index (χ4n) is 1.38. The summed E-state index contributed by atoms with van der Waals surface area (Å²) in [7, 11) is 0. The lowest BCUT2D eigenvalue weighted by atomic mass is 10.4. The lowest BCUT2D eigenvalue weighted by molar-refractivity contribution is -0.113. The smallest absolute Gasteiger partial charge is 0.236 e. The minimum Gasteiger partial charge on any atom is -0.358 e. The third-order valence-electron chi connectivity index (χ3n) is 2.41. The van der Waals surface area contributed by atoms with Crippen LogP contribution in [0.2, 0.25) is 10.0 Å². The lowest BCUT2D eigenvalue weighted by Gasteiger charge is -2.20. The summed E-state index contributed by atoms with van der Waals surface area (Å²) in [4.78, 5) is 17.8. The molecule has 1 amide bonds. The predicted octanol–water partition coefficient (Wildman–Crippen LogP) is 3.69. The number of hydrogen-bond donors (Lipinski definition) is 1. The first kappa shape index (κ1) is 17.5. The highest BCUT2D eigenvalue weighted by Crippen LogP contribution is 2.22. The SMILES string of the molecule is CCN(CC)C(=S)SCC(=O)Nc1ncc(Cl)cc1Cl. The first-order valence-electron chi connectivity index (χ1n) is 6.00. The first-order valence-corrected chi connectivity index (χ1v) is 8.15. The van der Waals surface area contributed by atoms with Crippen LogP contribution in [0, 0.1) is 0 Å². The van der Waals surface area contributed by atoms with Gasteiger partial charge in [0.15, 0.2) is 5.82 Å². The summed E-state index contributed by atoms with van der Waals surface area (Å²) >= 11 is 18.2. The molecule has 0 saturated carbocycles. The second kappa shape index (κ2) is 8.67. The molecular weight excluding hydrogens is 337 g/mol. The summed E-state index contributed by atoms with van der Waals surface area (Å²) < 4.78 is 0.709. The lowest BCUT2D eigenvalue weighted by Crippen LogP contribution is -2.28. The fraction of sp³-hybridized carbons (Fsp3) is 0.417. The first-order chi connectivity index (χ1) is 9.47. The van der Waals surface area contributed by atoms with Crippen molar-refractivity contribution in [2.75, 3.05) is 24.2 Å². The Kier molecular flexibility index (Phi) is 7.58. The molecule has 0 fully saturated rings. The molecule has 1 N–H and O–H groups in total. The summed E-state index contributed by atoms with van der Waals surface area (Å²) in [5.41, 5.74) is 0. The van der Waals surface area contributed by atoms with Crippen molar-refractivity contribution in [3.8, 4) is 0 Å². The Morgan fingerprint density at radius 1 is 1.45 bits per heavy atom. The van der Waals surface area contributed by atoms with E-state index >= 15 is 0 Å². The molecule has 0 saturated heterocycles. The van der Waals surface area contributed by atoms with Crippen molar-refractivity contribution < 1.29 is 4.79 Å². The van der Waals surface area contributed by atoms with E-state index < -0.39 is 0 Å². The van der Waals surface area contributed by atoms with Crippen molar-refractivity contribution in [2.45, 2.75) is 13.8 Å². The number of pyridine rings is 1. The maximum atomic E-state index is 11.8. The van der Waals surface area contributed by atoms with Gasteiger partial charge in [0.2, 0.25) is 5.91 Å². The highest BCUT2D eigenvalue weighted by molar-refractivity contribution is 8.23. The van der Waals surface area contributed by atoms with Crippen LogP contribution in [0.1, 0.15) is 13.8 Å². The van der Waals surface area contributed by atoms with Gasteiger partial charge in [0.1, 0.15) is 4.32 Å². The molecule has 0 aliphatic heterocycles. The van der Waals surface area contributed by atoms with E-state index in [1.807, 2.05) is 18.7 Å². The van der Waals surface area contributed by atoms with Crippen LogP contribution in [-0.2, 0) is 4.79 Å². The van der Waals surface area contributed by atoms with Crippen molar-refractivity contribution in [1.82, 2.24) is 9.88 Å². The van der Waals surface area contributed by atoms with Gasteiger partial charge in [-0.2, -0.15) is 0 Å². The van der Waals surface area contributed by atoms with E-state index in [1.54, 1.807) is 0 Å². The molecule has 0 aliphatic carbocycles. The van der Waals surface area contributed by atoms with Crippen molar-refractivity contribution in [1.29, 1.82) is 0 Å². The number of halogens is 2. The molecule has 0 radical (unpaired) electrons. The van der Waals surface area contributed by atoms with E-state index in [0.717, 1.165) is 13.1 Å². The Bertz CT molecular complexity index is 496. The highest BCUT2D eigenvalue weighted by atomic mass is 35.5. The van der Waals surface area contributed by atoms with Gasteiger partial charge in [-0.1, -0.05) is 47.2 Å². The second-order valence-electron chi connectivity index (χ2n) is 3.76. The van der Waals surface area contributed by atoms with Gasteiger partial charge >= 0.3 is 0 Å². The van der Waals surface area contributed by atoms with Crippen LogP contribution in [0.3, 0.4) is 0 Å². The number of thiocarbonyl (C=S) groups is 1. The number of nitrogens with one attached hydrogen (secondary N) is 1. The number of carbonyl (C=O) groups excluding carboxylic acids is 1. The number of nitrogens with zero attached hydrogens (tertiary/aromatic N) is 2. The van der Waals surface area contributed by atoms with Crippen molar-refractivity contribution in [3.05, 3.63) is 22.3 Å². The summed E-state index contributed by atoms with van der Waals surface area (Å²) in [6.45, 7) is 5.70. The molecular formula is C12H15Cl2N3OS2. The number of rotatable bonds is 5. The molecule has 0 aliphatic rings. The standard InChI is InChI=1S/C12H15Cl2N3OS2/c1-3-17(4-2)12(19)20-7-10(18)16-11-9(14)5-8(13)6-15-11/h5-6H,3-4,7H2,1-2H3,(H,15,16,18). The molecule has 0 unspecified atom stereocenters. The molecule has 0 spiro atoms. The van der Waals surface area contributed by atoms with Gasteiger partial charge in [0.25, 0.3) is 0 Å². The number of carbonyl (C=O) groups is 1. The van der Waals surface area contributed by atoms with Crippen molar-refractivity contribution >= 4 is 63.2 Å². The van der Waals surface area contributed by atoms with Crippen LogP contribution in [0.4, 0.5) is 5.82 Å². The van der Waals surface area contributed by atoms with E-state index in [0.29, 0.717) is 20.2 Å². The number of hydrogen-bond acceptors (Lipinski definition) is 4. The monoisotopic (exact) mass is 351 g/mol. The minimum atomic E-state index is -0.207. The third kappa shape index (κ3) is 5.44. The highest BCUT2D eigenvalue weighted by Gasteiger charge is 2.11. The van der Waals surface area contributed by atoms with Gasteiger partial charge < -0.3 is 10.2 Å². The van der Waals surface area contributed by atoms with Crippen LogP contribution in [0.5, 0.6) is 0 Å². The largest absolute Gasteiger partial charge is 0.358 e. The average Bonchev–Trinajstić information content (AvgIpc) is 2.41. The Morgan fingerprint density at radius 3 is 2.65 bits per heavy atom.